The second-order valence-electron chi connectivity index (χ2n) is 4.26. The lowest BCUT2D eigenvalue weighted by Gasteiger charge is -2.18. The van der Waals surface area contributed by atoms with Gasteiger partial charge in [-0.05, 0) is 24.6 Å². The number of unbranched alkanes of at least 4 members (excludes halogenated alkanes) is 1. The zero-order valence-corrected chi connectivity index (χ0v) is 10.5. The smallest absolute Gasteiger partial charge is 0.408 e. The van der Waals surface area contributed by atoms with Crippen molar-refractivity contribution < 1.29 is 4.42 Å². The van der Waals surface area contributed by atoms with Gasteiger partial charge in [-0.2, -0.15) is 5.26 Å². The lowest BCUT2D eigenvalue weighted by atomic mass is 10.2. The van der Waals surface area contributed by atoms with Crippen LogP contribution in [0.25, 0.3) is 11.1 Å². The van der Waals surface area contributed by atoms with Crippen LogP contribution in [0.4, 0.5) is 5.69 Å². The molecule has 94 valence electrons. The minimum Gasteiger partial charge on any atom is -0.408 e. The van der Waals surface area contributed by atoms with E-state index in [0.717, 1.165) is 24.2 Å². The summed E-state index contributed by atoms with van der Waals surface area (Å²) in [7, 11) is 3.66. The fourth-order valence-electron chi connectivity index (χ4n) is 1.88. The second-order valence-corrected chi connectivity index (χ2v) is 4.26. The van der Waals surface area contributed by atoms with E-state index in [-0.39, 0.29) is 5.76 Å². The molecule has 1 heterocycles. The van der Waals surface area contributed by atoms with Gasteiger partial charge < -0.3 is 9.32 Å². The van der Waals surface area contributed by atoms with E-state index in [0.29, 0.717) is 12.0 Å². The molecule has 2 rings (SSSR count). The molecular weight excluding hydrogens is 230 g/mol. The van der Waals surface area contributed by atoms with Gasteiger partial charge in [0.2, 0.25) is 0 Å². The number of rotatable bonds is 4. The van der Waals surface area contributed by atoms with Gasteiger partial charge in [-0.15, -0.1) is 0 Å². The van der Waals surface area contributed by atoms with Crippen LogP contribution in [0.3, 0.4) is 0 Å². The fraction of sp³-hybridized carbons (Fsp3) is 0.385. The van der Waals surface area contributed by atoms with Gasteiger partial charge in [0.1, 0.15) is 0 Å². The van der Waals surface area contributed by atoms with Crippen LogP contribution in [0.2, 0.25) is 0 Å². The highest BCUT2D eigenvalue weighted by Gasteiger charge is 2.08. The molecular formula is C13H15N3O2. The Labute approximate surface area is 105 Å². The molecule has 1 aromatic heterocycles. The Morgan fingerprint density at radius 2 is 2.28 bits per heavy atom. The van der Waals surface area contributed by atoms with Crippen LogP contribution in [-0.4, -0.2) is 18.2 Å². The molecule has 0 aliphatic carbocycles. The van der Waals surface area contributed by atoms with Crippen molar-refractivity contribution >= 4 is 16.8 Å². The monoisotopic (exact) mass is 245 g/mol. The van der Waals surface area contributed by atoms with E-state index < -0.39 is 0 Å². The predicted octanol–water partition coefficient (Wildman–Crippen LogP) is 1.87. The van der Waals surface area contributed by atoms with Crippen LogP contribution in [0.1, 0.15) is 12.8 Å². The number of aryl methyl sites for hydroxylation is 1. The van der Waals surface area contributed by atoms with Gasteiger partial charge in [0.25, 0.3) is 0 Å². The second kappa shape index (κ2) is 4.96. The lowest BCUT2D eigenvalue weighted by molar-refractivity contribution is 0.528. The first-order valence-corrected chi connectivity index (χ1v) is 5.81. The lowest BCUT2D eigenvalue weighted by Crippen LogP contribution is -2.18. The highest BCUT2D eigenvalue weighted by molar-refractivity contribution is 5.77. The molecule has 0 bridgehead atoms. The highest BCUT2D eigenvalue weighted by Crippen LogP contribution is 2.20. The number of nitriles is 1. The van der Waals surface area contributed by atoms with Crippen molar-refractivity contribution in [1.82, 2.24) is 4.57 Å². The summed E-state index contributed by atoms with van der Waals surface area (Å²) in [6, 6.07) is 7.77. The average molecular weight is 245 g/mol. The van der Waals surface area contributed by atoms with E-state index in [4.69, 9.17) is 9.68 Å². The molecule has 0 aliphatic rings. The molecule has 0 spiro atoms. The molecule has 1 aromatic carbocycles. The zero-order valence-electron chi connectivity index (χ0n) is 10.5. The molecule has 0 unspecified atom stereocenters. The summed E-state index contributed by atoms with van der Waals surface area (Å²) < 4.78 is 6.57. The van der Waals surface area contributed by atoms with Crippen LogP contribution in [-0.2, 0) is 7.05 Å². The quantitative estimate of drug-likeness (QED) is 0.771. The summed E-state index contributed by atoms with van der Waals surface area (Å²) in [5.41, 5.74) is 2.39. The molecule has 0 fully saturated rings. The van der Waals surface area contributed by atoms with Gasteiger partial charge in [-0.25, -0.2) is 4.79 Å². The van der Waals surface area contributed by atoms with Crippen molar-refractivity contribution in [2.75, 3.05) is 18.5 Å². The molecule has 2 aromatic rings. The van der Waals surface area contributed by atoms with Crippen molar-refractivity contribution in [3.63, 3.8) is 0 Å². The molecule has 0 radical (unpaired) electrons. The van der Waals surface area contributed by atoms with Crippen LogP contribution >= 0.6 is 0 Å². The average Bonchev–Trinajstić information content (AvgIpc) is 2.65. The highest BCUT2D eigenvalue weighted by atomic mass is 16.4. The van der Waals surface area contributed by atoms with Crippen LogP contribution in [0, 0.1) is 11.3 Å². The minimum absolute atomic E-state index is 0.353. The van der Waals surface area contributed by atoms with Gasteiger partial charge in [0.15, 0.2) is 5.58 Å². The zero-order chi connectivity index (χ0) is 13.1. The summed E-state index contributed by atoms with van der Waals surface area (Å²) in [6.07, 6.45) is 1.38. The Balaban J connectivity index is 2.27. The normalized spacial score (nSPS) is 10.5. The molecule has 0 atom stereocenters. The first-order chi connectivity index (χ1) is 8.63. The van der Waals surface area contributed by atoms with Gasteiger partial charge in [0, 0.05) is 32.7 Å². The predicted molar refractivity (Wildman–Crippen MR) is 69.6 cm³/mol. The van der Waals surface area contributed by atoms with Crippen molar-refractivity contribution in [3.05, 3.63) is 28.7 Å². The Hall–Kier alpha value is -2.22. The maximum absolute atomic E-state index is 11.4. The first kappa shape index (κ1) is 12.2. The number of aromatic nitrogens is 1. The summed E-state index contributed by atoms with van der Waals surface area (Å²) in [5.74, 6) is -0.353. The van der Waals surface area contributed by atoms with E-state index >= 15 is 0 Å². The summed E-state index contributed by atoms with van der Waals surface area (Å²) in [6.45, 7) is 0.810. The van der Waals surface area contributed by atoms with Crippen molar-refractivity contribution in [1.29, 1.82) is 5.26 Å². The van der Waals surface area contributed by atoms with E-state index in [1.165, 1.54) is 4.57 Å². The third-order valence-electron chi connectivity index (χ3n) is 3.00. The third-order valence-corrected chi connectivity index (χ3v) is 3.00. The van der Waals surface area contributed by atoms with Crippen molar-refractivity contribution in [3.8, 4) is 6.07 Å². The van der Waals surface area contributed by atoms with E-state index in [1.807, 2.05) is 19.2 Å². The summed E-state index contributed by atoms with van der Waals surface area (Å²) in [5, 5.41) is 8.51. The van der Waals surface area contributed by atoms with E-state index in [2.05, 4.69) is 11.0 Å². The Morgan fingerprint density at radius 3 is 3.00 bits per heavy atom. The molecule has 0 saturated heterocycles. The summed E-state index contributed by atoms with van der Waals surface area (Å²) >= 11 is 0. The Kier molecular flexibility index (Phi) is 3.38. The molecule has 0 saturated carbocycles. The number of hydrogen-bond acceptors (Lipinski definition) is 4. The molecule has 5 nitrogen and oxygen atoms in total. The Morgan fingerprint density at radius 1 is 1.50 bits per heavy atom. The van der Waals surface area contributed by atoms with Gasteiger partial charge in [-0.3, -0.25) is 4.57 Å². The number of fused-ring (bicyclic) bond motifs is 1. The molecule has 0 N–H and O–H groups in total. The molecule has 0 aliphatic heterocycles. The SMILES string of the molecule is CN(CCCC#N)c1ccc2oc(=O)n(C)c2c1. The maximum atomic E-state index is 11.4. The van der Waals surface area contributed by atoms with Gasteiger partial charge in [0.05, 0.1) is 11.6 Å². The topological polar surface area (TPSA) is 62.2 Å². The number of benzene rings is 1. The minimum atomic E-state index is -0.353. The number of nitrogens with zero attached hydrogens (tertiary/aromatic N) is 3. The molecule has 5 heteroatoms. The van der Waals surface area contributed by atoms with E-state index in [1.54, 1.807) is 13.1 Å². The number of oxazole rings is 1. The van der Waals surface area contributed by atoms with Gasteiger partial charge in [-0.1, -0.05) is 0 Å². The third kappa shape index (κ3) is 2.23. The van der Waals surface area contributed by atoms with Crippen molar-refractivity contribution in [2.24, 2.45) is 7.05 Å². The largest absolute Gasteiger partial charge is 0.419 e. The summed E-state index contributed by atoms with van der Waals surface area (Å²) in [4.78, 5) is 13.4. The number of hydrogen-bond donors (Lipinski definition) is 0. The van der Waals surface area contributed by atoms with Crippen LogP contribution in [0.5, 0.6) is 0 Å². The Bertz CT molecular complexity index is 648. The first-order valence-electron chi connectivity index (χ1n) is 5.81. The maximum Gasteiger partial charge on any atom is 0.419 e. The molecule has 0 amide bonds. The van der Waals surface area contributed by atoms with Crippen LogP contribution < -0.4 is 10.7 Å². The molecule has 18 heavy (non-hydrogen) atoms. The standard InChI is InChI=1S/C13H15N3O2/c1-15(8-4-3-7-14)10-5-6-12-11(9-10)16(2)13(17)18-12/h5-6,9H,3-4,8H2,1-2H3. The van der Waals surface area contributed by atoms with Crippen LogP contribution in [0.15, 0.2) is 27.4 Å². The van der Waals surface area contributed by atoms with Gasteiger partial charge >= 0.3 is 5.76 Å². The van der Waals surface area contributed by atoms with Crippen molar-refractivity contribution in [2.45, 2.75) is 12.8 Å². The fourth-order valence-corrected chi connectivity index (χ4v) is 1.88. The van der Waals surface area contributed by atoms with E-state index in [9.17, 15) is 4.79 Å². The number of anilines is 1.